The molecule has 21 heavy (non-hydrogen) atoms. The number of hydrogen-bond donors (Lipinski definition) is 1. The smallest absolute Gasteiger partial charge is 0.128 e. The van der Waals surface area contributed by atoms with Gasteiger partial charge in [0.25, 0.3) is 0 Å². The molecule has 1 unspecified atom stereocenters. The Bertz CT molecular complexity index is 636. The van der Waals surface area contributed by atoms with Gasteiger partial charge < -0.3 is 14.8 Å². The molecule has 0 aliphatic carbocycles. The molecule has 0 spiro atoms. The van der Waals surface area contributed by atoms with E-state index in [1.807, 2.05) is 24.4 Å². The second-order valence-electron chi connectivity index (χ2n) is 5.16. The lowest BCUT2D eigenvalue weighted by atomic mass is 10.0. The minimum absolute atomic E-state index is 0.173. The van der Waals surface area contributed by atoms with E-state index in [4.69, 9.17) is 9.47 Å². The van der Waals surface area contributed by atoms with Crippen molar-refractivity contribution in [3.05, 3.63) is 35.5 Å². The minimum Gasteiger partial charge on any atom is -0.497 e. The van der Waals surface area contributed by atoms with Gasteiger partial charge >= 0.3 is 0 Å². The molecule has 0 bridgehead atoms. The number of nitrogens with zero attached hydrogens (tertiary/aromatic N) is 2. The van der Waals surface area contributed by atoms with Gasteiger partial charge in [-0.2, -0.15) is 5.10 Å². The number of ether oxygens (including phenoxy) is 2. The fourth-order valence-electron chi connectivity index (χ4n) is 2.92. The molecule has 1 N–H and O–H groups in total. The molecule has 1 atom stereocenters. The van der Waals surface area contributed by atoms with Crippen LogP contribution in [0, 0.1) is 0 Å². The van der Waals surface area contributed by atoms with Crippen LogP contribution in [-0.2, 0) is 6.42 Å². The van der Waals surface area contributed by atoms with Crippen LogP contribution in [-0.4, -0.2) is 30.5 Å². The van der Waals surface area contributed by atoms with Crippen molar-refractivity contribution in [2.24, 2.45) is 0 Å². The van der Waals surface area contributed by atoms with Gasteiger partial charge in [0.15, 0.2) is 0 Å². The number of aromatic nitrogens is 2. The van der Waals surface area contributed by atoms with E-state index in [2.05, 4.69) is 22.0 Å². The summed E-state index contributed by atoms with van der Waals surface area (Å²) in [6.45, 7) is 3.08. The van der Waals surface area contributed by atoms with Crippen LogP contribution in [0.2, 0.25) is 0 Å². The Morgan fingerprint density at radius 3 is 2.90 bits per heavy atom. The molecule has 2 aromatic rings. The zero-order chi connectivity index (χ0) is 14.8. The van der Waals surface area contributed by atoms with Crippen LogP contribution >= 0.6 is 0 Å². The molecular weight excluding hydrogens is 266 g/mol. The predicted molar refractivity (Wildman–Crippen MR) is 82.4 cm³/mol. The first-order valence-corrected chi connectivity index (χ1v) is 7.30. The largest absolute Gasteiger partial charge is 0.497 e. The third-order valence-electron chi connectivity index (χ3n) is 4.05. The molecule has 0 saturated heterocycles. The van der Waals surface area contributed by atoms with Crippen LogP contribution in [0.5, 0.6) is 11.5 Å². The van der Waals surface area contributed by atoms with E-state index in [1.54, 1.807) is 14.2 Å². The molecule has 2 heterocycles. The number of benzene rings is 1. The maximum absolute atomic E-state index is 5.53. The van der Waals surface area contributed by atoms with Crippen molar-refractivity contribution >= 4 is 5.82 Å². The van der Waals surface area contributed by atoms with E-state index in [1.165, 1.54) is 5.56 Å². The summed E-state index contributed by atoms with van der Waals surface area (Å²) in [5.74, 6) is 2.84. The second-order valence-corrected chi connectivity index (χ2v) is 5.16. The van der Waals surface area contributed by atoms with Crippen LogP contribution in [0.15, 0.2) is 24.4 Å². The summed E-state index contributed by atoms with van der Waals surface area (Å²) >= 11 is 0. The highest BCUT2D eigenvalue weighted by atomic mass is 16.5. The van der Waals surface area contributed by atoms with Gasteiger partial charge in [0, 0.05) is 17.7 Å². The summed E-state index contributed by atoms with van der Waals surface area (Å²) in [4.78, 5) is 0. The molecule has 5 nitrogen and oxygen atoms in total. The summed E-state index contributed by atoms with van der Waals surface area (Å²) < 4.78 is 13.0. The van der Waals surface area contributed by atoms with E-state index in [-0.39, 0.29) is 6.04 Å². The van der Waals surface area contributed by atoms with Crippen molar-refractivity contribution in [1.29, 1.82) is 0 Å². The van der Waals surface area contributed by atoms with Crippen molar-refractivity contribution in [2.75, 3.05) is 26.1 Å². The fourth-order valence-corrected chi connectivity index (χ4v) is 2.92. The Labute approximate surface area is 124 Å². The molecule has 1 aromatic carbocycles. The van der Waals surface area contributed by atoms with Crippen LogP contribution in [0.3, 0.4) is 0 Å². The number of aryl methyl sites for hydroxylation is 1. The number of hydrogen-bond acceptors (Lipinski definition) is 4. The van der Waals surface area contributed by atoms with Gasteiger partial charge in [-0.15, -0.1) is 0 Å². The van der Waals surface area contributed by atoms with E-state index in [0.29, 0.717) is 0 Å². The number of nitrogens with one attached hydrogen (secondary N) is 1. The van der Waals surface area contributed by atoms with Crippen molar-refractivity contribution in [1.82, 2.24) is 9.78 Å². The molecule has 0 saturated carbocycles. The SMILES string of the molecule is CCc1cnn2c1NCCC2c1cc(OC)ccc1OC. The van der Waals surface area contributed by atoms with E-state index in [0.717, 1.165) is 42.3 Å². The van der Waals surface area contributed by atoms with Crippen LogP contribution in [0.1, 0.15) is 30.5 Å². The van der Waals surface area contributed by atoms with Gasteiger partial charge in [-0.25, -0.2) is 4.68 Å². The molecule has 0 fully saturated rings. The van der Waals surface area contributed by atoms with Gasteiger partial charge in [-0.05, 0) is 31.0 Å². The number of methoxy groups -OCH3 is 2. The summed E-state index contributed by atoms with van der Waals surface area (Å²) in [7, 11) is 3.39. The molecule has 1 aromatic heterocycles. The maximum Gasteiger partial charge on any atom is 0.128 e. The Morgan fingerprint density at radius 1 is 1.33 bits per heavy atom. The molecule has 0 amide bonds. The molecule has 112 valence electrons. The van der Waals surface area contributed by atoms with E-state index in [9.17, 15) is 0 Å². The van der Waals surface area contributed by atoms with Gasteiger partial charge in [0.05, 0.1) is 26.5 Å². The van der Waals surface area contributed by atoms with Gasteiger partial charge in [0.2, 0.25) is 0 Å². The van der Waals surface area contributed by atoms with Gasteiger partial charge in [0.1, 0.15) is 17.3 Å². The zero-order valence-electron chi connectivity index (χ0n) is 12.7. The van der Waals surface area contributed by atoms with Crippen LogP contribution in [0.25, 0.3) is 0 Å². The number of fused-ring (bicyclic) bond motifs is 1. The van der Waals surface area contributed by atoms with E-state index >= 15 is 0 Å². The quantitative estimate of drug-likeness (QED) is 0.939. The fraction of sp³-hybridized carbons (Fsp3) is 0.438. The normalized spacial score (nSPS) is 17.0. The lowest BCUT2D eigenvalue weighted by molar-refractivity contribution is 0.383. The van der Waals surface area contributed by atoms with Gasteiger partial charge in [-0.1, -0.05) is 6.92 Å². The Balaban J connectivity index is 2.08. The average Bonchev–Trinajstić information content (AvgIpc) is 2.97. The van der Waals surface area contributed by atoms with Crippen LogP contribution in [0.4, 0.5) is 5.82 Å². The van der Waals surface area contributed by atoms with Crippen molar-refractivity contribution in [3.63, 3.8) is 0 Å². The lowest BCUT2D eigenvalue weighted by Crippen LogP contribution is -2.25. The zero-order valence-corrected chi connectivity index (χ0v) is 12.7. The highest BCUT2D eigenvalue weighted by molar-refractivity contribution is 5.50. The van der Waals surface area contributed by atoms with E-state index < -0.39 is 0 Å². The van der Waals surface area contributed by atoms with Crippen molar-refractivity contribution < 1.29 is 9.47 Å². The molecule has 5 heteroatoms. The number of rotatable bonds is 4. The summed E-state index contributed by atoms with van der Waals surface area (Å²) in [6, 6.07) is 6.10. The molecule has 3 rings (SSSR count). The first-order chi connectivity index (χ1) is 10.3. The molecule has 1 aliphatic rings. The highest BCUT2D eigenvalue weighted by Crippen LogP contribution is 2.37. The van der Waals surface area contributed by atoms with Crippen LogP contribution < -0.4 is 14.8 Å². The Hall–Kier alpha value is -2.17. The number of anilines is 1. The Morgan fingerprint density at radius 2 is 2.19 bits per heavy atom. The topological polar surface area (TPSA) is 48.3 Å². The third kappa shape index (κ3) is 2.33. The lowest BCUT2D eigenvalue weighted by Gasteiger charge is -2.28. The first kappa shape index (κ1) is 13.8. The summed E-state index contributed by atoms with van der Waals surface area (Å²) in [5, 5.41) is 8.03. The average molecular weight is 287 g/mol. The molecular formula is C16H21N3O2. The third-order valence-corrected chi connectivity index (χ3v) is 4.05. The second kappa shape index (κ2) is 5.68. The van der Waals surface area contributed by atoms with Crippen molar-refractivity contribution in [3.8, 4) is 11.5 Å². The first-order valence-electron chi connectivity index (χ1n) is 7.30. The standard InChI is InChI=1S/C16H21N3O2/c1-4-11-10-18-19-14(7-8-17-16(11)19)13-9-12(20-2)5-6-15(13)21-3/h5-6,9-10,14,17H,4,7-8H2,1-3H3. The minimum atomic E-state index is 0.173. The predicted octanol–water partition coefficient (Wildman–Crippen LogP) is 2.87. The summed E-state index contributed by atoms with van der Waals surface area (Å²) in [5.41, 5.74) is 2.37. The maximum atomic E-state index is 5.53. The van der Waals surface area contributed by atoms with Gasteiger partial charge in [-0.3, -0.25) is 0 Å². The molecule has 0 radical (unpaired) electrons. The molecule has 1 aliphatic heterocycles. The highest BCUT2D eigenvalue weighted by Gasteiger charge is 2.26. The Kier molecular flexibility index (Phi) is 3.73. The van der Waals surface area contributed by atoms with Crippen molar-refractivity contribution in [2.45, 2.75) is 25.8 Å². The summed E-state index contributed by atoms with van der Waals surface area (Å²) in [6.07, 6.45) is 3.90. The monoisotopic (exact) mass is 287 g/mol.